The number of ether oxygens (including phenoxy) is 1. The van der Waals surface area contributed by atoms with Crippen LogP contribution in [0.3, 0.4) is 0 Å². The van der Waals surface area contributed by atoms with Gasteiger partial charge in [-0.05, 0) is 24.3 Å². The molecule has 1 N–H and O–H groups in total. The summed E-state index contributed by atoms with van der Waals surface area (Å²) in [5, 5.41) is 2.24. The quantitative estimate of drug-likeness (QED) is 0.904. The first-order valence-corrected chi connectivity index (χ1v) is 9.88. The summed E-state index contributed by atoms with van der Waals surface area (Å²) in [6.07, 6.45) is 0. The van der Waals surface area contributed by atoms with Crippen molar-refractivity contribution in [3.63, 3.8) is 0 Å². The third-order valence-corrected chi connectivity index (χ3v) is 7.12. The van der Waals surface area contributed by atoms with Crippen molar-refractivity contribution in [3.05, 3.63) is 53.6 Å². The Morgan fingerprint density at radius 2 is 1.92 bits per heavy atom. The molecule has 1 heterocycles. The van der Waals surface area contributed by atoms with Gasteiger partial charge >= 0.3 is 0 Å². The van der Waals surface area contributed by atoms with Crippen molar-refractivity contribution in [3.8, 4) is 5.75 Å². The number of hydrogen-bond acceptors (Lipinski definition) is 5. The highest BCUT2D eigenvalue weighted by atomic mass is 32.2. The fourth-order valence-electron chi connectivity index (χ4n) is 2.82. The molecule has 0 saturated heterocycles. The van der Waals surface area contributed by atoms with Gasteiger partial charge in [-0.25, -0.2) is 8.42 Å². The number of thioether (sulfide) groups is 1. The molecule has 0 aliphatic carbocycles. The summed E-state index contributed by atoms with van der Waals surface area (Å²) in [5.74, 6) is 0.0268. The summed E-state index contributed by atoms with van der Waals surface area (Å²) in [6, 6.07) is 12.6. The van der Waals surface area contributed by atoms with E-state index in [1.807, 2.05) is 30.3 Å². The number of fused-ring (bicyclic) bond motifs is 1. The van der Waals surface area contributed by atoms with Crippen molar-refractivity contribution in [1.82, 2.24) is 5.32 Å². The number of methoxy groups -OCH3 is 1. The number of sulfone groups is 1. The summed E-state index contributed by atoms with van der Waals surface area (Å²) in [6.45, 7) is 0. The molecule has 1 unspecified atom stereocenters. The van der Waals surface area contributed by atoms with Crippen LogP contribution in [0.2, 0.25) is 0 Å². The minimum absolute atomic E-state index is 0.00451. The van der Waals surface area contributed by atoms with E-state index in [4.69, 9.17) is 4.74 Å². The van der Waals surface area contributed by atoms with E-state index >= 15 is 0 Å². The number of amides is 1. The molecule has 1 aliphatic heterocycles. The van der Waals surface area contributed by atoms with Gasteiger partial charge in [0.2, 0.25) is 0 Å². The van der Waals surface area contributed by atoms with Crippen LogP contribution in [0.25, 0.3) is 0 Å². The third-order valence-electron chi connectivity index (χ3n) is 3.88. The number of benzene rings is 2. The van der Waals surface area contributed by atoms with E-state index in [0.717, 1.165) is 4.90 Å². The Labute approximate surface area is 145 Å². The molecule has 1 atom stereocenters. The topological polar surface area (TPSA) is 72.5 Å². The molecular formula is C17H17NO4S2. The van der Waals surface area contributed by atoms with Gasteiger partial charge in [0.05, 0.1) is 28.6 Å². The predicted molar refractivity (Wildman–Crippen MR) is 93.5 cm³/mol. The van der Waals surface area contributed by atoms with E-state index < -0.39 is 9.84 Å². The molecule has 0 bridgehead atoms. The summed E-state index contributed by atoms with van der Waals surface area (Å²) >= 11 is 1.46. The molecule has 2 aromatic carbocycles. The van der Waals surface area contributed by atoms with Gasteiger partial charge in [0.1, 0.15) is 5.75 Å². The van der Waals surface area contributed by atoms with Crippen LogP contribution in [0.15, 0.2) is 52.3 Å². The second kappa shape index (κ2) is 6.49. The fraction of sp³-hybridized carbons (Fsp3) is 0.235. The number of nitrogens with one attached hydrogen (secondary N) is 1. The Morgan fingerprint density at radius 1 is 1.21 bits per heavy atom. The molecular weight excluding hydrogens is 346 g/mol. The van der Waals surface area contributed by atoms with Crippen molar-refractivity contribution in [2.75, 3.05) is 19.9 Å². The van der Waals surface area contributed by atoms with Crippen molar-refractivity contribution in [2.45, 2.75) is 15.0 Å². The Hall–Kier alpha value is -1.99. The molecule has 126 valence electrons. The maximum Gasteiger partial charge on any atom is 0.254 e. The number of carbonyl (C=O) groups is 1. The summed E-state index contributed by atoms with van der Waals surface area (Å²) in [7, 11) is -0.404. The normalized spacial score (nSPS) is 18.0. The Balaban J connectivity index is 2.13. The van der Waals surface area contributed by atoms with Crippen molar-refractivity contribution in [1.29, 1.82) is 0 Å². The molecule has 3 rings (SSSR count). The summed E-state index contributed by atoms with van der Waals surface area (Å²) < 4.78 is 30.4. The van der Waals surface area contributed by atoms with Crippen LogP contribution < -0.4 is 10.1 Å². The van der Waals surface area contributed by atoms with E-state index in [2.05, 4.69) is 5.32 Å². The lowest BCUT2D eigenvalue weighted by Crippen LogP contribution is -2.19. The van der Waals surface area contributed by atoms with E-state index in [9.17, 15) is 13.2 Å². The average molecular weight is 363 g/mol. The lowest BCUT2D eigenvalue weighted by atomic mass is 10.1. The van der Waals surface area contributed by atoms with Crippen LogP contribution >= 0.6 is 11.8 Å². The second-order valence-corrected chi connectivity index (χ2v) is 8.62. The molecule has 0 radical (unpaired) electrons. The maximum atomic E-state index is 12.5. The molecule has 0 fully saturated rings. The van der Waals surface area contributed by atoms with Gasteiger partial charge in [0.25, 0.3) is 5.91 Å². The van der Waals surface area contributed by atoms with Gasteiger partial charge in [0, 0.05) is 17.5 Å². The second-order valence-electron chi connectivity index (χ2n) is 5.34. The van der Waals surface area contributed by atoms with Gasteiger partial charge in [-0.1, -0.05) is 18.2 Å². The van der Waals surface area contributed by atoms with Gasteiger partial charge in [-0.15, -0.1) is 11.8 Å². The highest BCUT2D eigenvalue weighted by Crippen LogP contribution is 2.49. The Kier molecular flexibility index (Phi) is 4.56. The molecule has 7 heteroatoms. The smallest absolute Gasteiger partial charge is 0.254 e. The third kappa shape index (κ3) is 2.89. The molecule has 0 saturated carbocycles. The molecule has 5 nitrogen and oxygen atoms in total. The van der Waals surface area contributed by atoms with E-state index in [-0.39, 0.29) is 21.8 Å². The van der Waals surface area contributed by atoms with Crippen LogP contribution in [-0.2, 0) is 9.84 Å². The van der Waals surface area contributed by atoms with Gasteiger partial charge < -0.3 is 10.1 Å². The van der Waals surface area contributed by atoms with Gasteiger partial charge in [-0.3, -0.25) is 4.79 Å². The van der Waals surface area contributed by atoms with Crippen molar-refractivity contribution >= 4 is 27.5 Å². The van der Waals surface area contributed by atoms with E-state index in [1.54, 1.807) is 0 Å². The minimum Gasteiger partial charge on any atom is -0.496 e. The molecule has 1 aliphatic rings. The zero-order valence-electron chi connectivity index (χ0n) is 13.3. The first-order chi connectivity index (χ1) is 11.5. The maximum absolute atomic E-state index is 12.5. The van der Waals surface area contributed by atoms with Crippen LogP contribution in [0.5, 0.6) is 5.75 Å². The number of carbonyl (C=O) groups excluding carboxylic acids is 1. The van der Waals surface area contributed by atoms with Crippen molar-refractivity contribution in [2.24, 2.45) is 0 Å². The lowest BCUT2D eigenvalue weighted by Gasteiger charge is -2.16. The standard InChI is InChI=1S/C17H17NO4S2/c1-18-17(19)12-8-9-14-15(16(12)22-2)13(10-24(14,20)21)23-11-6-4-3-5-7-11/h3-9,13H,10H2,1-2H3,(H,18,19). The SMILES string of the molecule is CNC(=O)c1ccc2c(c1OC)C(Sc1ccccc1)CS2(=O)=O. The zero-order valence-corrected chi connectivity index (χ0v) is 14.9. The number of hydrogen-bond donors (Lipinski definition) is 1. The molecule has 2 aromatic rings. The predicted octanol–water partition coefficient (Wildman–Crippen LogP) is 2.68. The highest BCUT2D eigenvalue weighted by molar-refractivity contribution is 8.01. The lowest BCUT2D eigenvalue weighted by molar-refractivity contribution is 0.0959. The number of rotatable bonds is 4. The molecule has 0 aromatic heterocycles. The largest absolute Gasteiger partial charge is 0.496 e. The first kappa shape index (κ1) is 16.9. The van der Waals surface area contributed by atoms with E-state index in [1.165, 1.54) is 38.1 Å². The van der Waals surface area contributed by atoms with Gasteiger partial charge in [0.15, 0.2) is 9.84 Å². The van der Waals surface area contributed by atoms with E-state index in [0.29, 0.717) is 16.9 Å². The first-order valence-electron chi connectivity index (χ1n) is 7.35. The zero-order chi connectivity index (χ0) is 17.3. The van der Waals surface area contributed by atoms with Crippen LogP contribution in [0.4, 0.5) is 0 Å². The fourth-order valence-corrected chi connectivity index (χ4v) is 6.29. The molecule has 0 spiro atoms. The van der Waals surface area contributed by atoms with Crippen molar-refractivity contribution < 1.29 is 17.9 Å². The monoisotopic (exact) mass is 363 g/mol. The molecule has 24 heavy (non-hydrogen) atoms. The minimum atomic E-state index is -3.39. The Bertz CT molecular complexity index is 879. The van der Waals surface area contributed by atoms with Gasteiger partial charge in [-0.2, -0.15) is 0 Å². The van der Waals surface area contributed by atoms with Crippen LogP contribution in [0.1, 0.15) is 21.2 Å². The summed E-state index contributed by atoms with van der Waals surface area (Å²) in [5.41, 5.74) is 0.918. The average Bonchev–Trinajstić information content (AvgIpc) is 2.84. The van der Waals surface area contributed by atoms with Crippen LogP contribution in [-0.4, -0.2) is 34.2 Å². The Morgan fingerprint density at radius 3 is 2.54 bits per heavy atom. The summed E-state index contributed by atoms with van der Waals surface area (Å²) in [4.78, 5) is 13.3. The highest BCUT2D eigenvalue weighted by Gasteiger charge is 2.39. The van der Waals surface area contributed by atoms with Crippen LogP contribution in [0, 0.1) is 0 Å². The molecule has 1 amide bonds.